The van der Waals surface area contributed by atoms with Crippen LogP contribution in [0.5, 0.6) is 0 Å². The molecule has 1 aromatic rings. The van der Waals surface area contributed by atoms with Crippen molar-refractivity contribution >= 4 is 39.4 Å². The van der Waals surface area contributed by atoms with Gasteiger partial charge < -0.3 is 9.84 Å². The number of carbonyl (C=O) groups is 2. The number of hydrogen-bond donors (Lipinski definition) is 1. The molecule has 0 unspecified atom stereocenters. The Labute approximate surface area is 126 Å². The van der Waals surface area contributed by atoms with Crippen molar-refractivity contribution in [1.82, 2.24) is 4.31 Å². The zero-order valence-electron chi connectivity index (χ0n) is 11.5. The minimum absolute atomic E-state index is 0.0940. The summed E-state index contributed by atoms with van der Waals surface area (Å²) in [4.78, 5) is 22.2. The van der Waals surface area contributed by atoms with E-state index in [1.54, 1.807) is 11.4 Å². The number of carbonyl (C=O) groups excluding carboxylic acids is 1. The summed E-state index contributed by atoms with van der Waals surface area (Å²) in [5, 5.41) is 10.3. The average Bonchev–Trinajstić information content (AvgIpc) is 2.83. The Morgan fingerprint density at radius 3 is 2.71 bits per heavy atom. The van der Waals surface area contributed by atoms with E-state index in [0.29, 0.717) is 10.4 Å². The Hall–Kier alpha value is -1.71. The minimum Gasteiger partial charge on any atom is -0.478 e. The summed E-state index contributed by atoms with van der Waals surface area (Å²) in [6.45, 7) is 0.0940. The molecule has 1 N–H and O–H groups in total. The number of esters is 1. The molecule has 116 valence electrons. The Morgan fingerprint density at radius 1 is 1.48 bits per heavy atom. The third-order valence-corrected chi connectivity index (χ3v) is 5.10. The van der Waals surface area contributed by atoms with Gasteiger partial charge in [-0.3, -0.25) is 4.79 Å². The lowest BCUT2D eigenvalue weighted by molar-refractivity contribution is -0.137. The maximum atomic E-state index is 11.9. The van der Waals surface area contributed by atoms with Crippen molar-refractivity contribution in [3.05, 3.63) is 28.0 Å². The van der Waals surface area contributed by atoms with Crippen molar-refractivity contribution in [2.24, 2.45) is 0 Å². The number of aliphatic carboxylic acids is 1. The van der Waals surface area contributed by atoms with E-state index in [4.69, 9.17) is 5.11 Å². The summed E-state index contributed by atoms with van der Waals surface area (Å²) >= 11 is 1.30. The summed E-state index contributed by atoms with van der Waals surface area (Å²) in [5.41, 5.74) is 0.709. The Balaban J connectivity index is 2.73. The molecular formula is C12H15NO6S2. The lowest BCUT2D eigenvalue weighted by Crippen LogP contribution is -2.32. The zero-order chi connectivity index (χ0) is 16.0. The van der Waals surface area contributed by atoms with Crippen LogP contribution in [0.3, 0.4) is 0 Å². The molecule has 9 heteroatoms. The fourth-order valence-electron chi connectivity index (χ4n) is 1.39. The topological polar surface area (TPSA) is 101 Å². The van der Waals surface area contributed by atoms with Gasteiger partial charge in [0.15, 0.2) is 5.75 Å². The molecule has 0 aromatic carbocycles. The zero-order valence-corrected chi connectivity index (χ0v) is 13.1. The van der Waals surface area contributed by atoms with Gasteiger partial charge in [-0.1, -0.05) is 0 Å². The van der Waals surface area contributed by atoms with E-state index in [2.05, 4.69) is 4.74 Å². The molecule has 0 bridgehead atoms. The van der Waals surface area contributed by atoms with E-state index in [0.717, 1.165) is 17.5 Å². The average molecular weight is 333 g/mol. The fourth-order valence-corrected chi connectivity index (χ4v) is 3.17. The summed E-state index contributed by atoms with van der Waals surface area (Å²) in [7, 11) is -1.25. The number of carboxylic acid groups (broad SMARTS) is 1. The lowest BCUT2D eigenvalue weighted by atomic mass is 10.3. The van der Waals surface area contributed by atoms with Crippen molar-refractivity contribution in [1.29, 1.82) is 0 Å². The number of thiophene rings is 1. The van der Waals surface area contributed by atoms with Crippen LogP contribution in [0.1, 0.15) is 10.4 Å². The lowest BCUT2D eigenvalue weighted by Gasteiger charge is -2.15. The standard InChI is InChI=1S/C12H15NO6S2/c1-13(21(17,18)8-12(16)19-2)6-9-5-10(20-7-9)3-4-11(14)15/h3-5,7H,6,8H2,1-2H3,(H,14,15). The minimum atomic E-state index is -3.73. The SMILES string of the molecule is COC(=O)CS(=O)(=O)N(C)Cc1csc(C=CC(=O)O)c1. The van der Waals surface area contributed by atoms with Crippen LogP contribution >= 0.6 is 11.3 Å². The second kappa shape index (κ2) is 7.34. The van der Waals surface area contributed by atoms with E-state index in [1.807, 2.05) is 0 Å². The second-order valence-corrected chi connectivity index (χ2v) is 7.14. The molecule has 0 aliphatic heterocycles. The highest BCUT2D eigenvalue weighted by atomic mass is 32.2. The number of ether oxygens (including phenoxy) is 1. The molecular weight excluding hydrogens is 318 g/mol. The first kappa shape index (κ1) is 17.3. The number of sulfonamides is 1. The molecule has 0 aliphatic rings. The van der Waals surface area contributed by atoms with Crippen LogP contribution in [-0.2, 0) is 30.9 Å². The number of nitrogens with zero attached hydrogens (tertiary/aromatic N) is 1. The molecule has 0 atom stereocenters. The summed E-state index contributed by atoms with van der Waals surface area (Å²) in [6.07, 6.45) is 2.44. The fraction of sp³-hybridized carbons (Fsp3) is 0.333. The molecule has 0 radical (unpaired) electrons. The van der Waals surface area contributed by atoms with E-state index in [-0.39, 0.29) is 6.54 Å². The quantitative estimate of drug-likeness (QED) is 0.584. The maximum absolute atomic E-state index is 11.9. The summed E-state index contributed by atoms with van der Waals surface area (Å²) in [6, 6.07) is 1.69. The molecule has 1 heterocycles. The molecule has 0 aliphatic carbocycles. The van der Waals surface area contributed by atoms with Gasteiger partial charge >= 0.3 is 11.9 Å². The monoisotopic (exact) mass is 333 g/mol. The third-order valence-electron chi connectivity index (χ3n) is 2.47. The first-order valence-electron chi connectivity index (χ1n) is 5.74. The number of methoxy groups -OCH3 is 1. The van der Waals surface area contributed by atoms with E-state index >= 15 is 0 Å². The Morgan fingerprint density at radius 2 is 2.14 bits per heavy atom. The largest absolute Gasteiger partial charge is 0.478 e. The molecule has 21 heavy (non-hydrogen) atoms. The van der Waals surface area contributed by atoms with Crippen molar-refractivity contribution in [3.63, 3.8) is 0 Å². The van der Waals surface area contributed by atoms with Crippen LogP contribution in [0.25, 0.3) is 6.08 Å². The van der Waals surface area contributed by atoms with Crippen LogP contribution < -0.4 is 0 Å². The highest BCUT2D eigenvalue weighted by Gasteiger charge is 2.22. The summed E-state index contributed by atoms with van der Waals surface area (Å²) in [5.74, 6) is -2.59. The molecule has 1 rings (SSSR count). The Bertz CT molecular complexity index is 646. The highest BCUT2D eigenvalue weighted by molar-refractivity contribution is 7.89. The van der Waals surface area contributed by atoms with Gasteiger partial charge in [0.25, 0.3) is 0 Å². The van der Waals surface area contributed by atoms with Crippen LogP contribution in [-0.4, -0.2) is 49.7 Å². The van der Waals surface area contributed by atoms with Crippen molar-refractivity contribution in [2.45, 2.75) is 6.54 Å². The van der Waals surface area contributed by atoms with Gasteiger partial charge in [-0.2, -0.15) is 0 Å². The van der Waals surface area contributed by atoms with Crippen LogP contribution in [0, 0.1) is 0 Å². The van der Waals surface area contributed by atoms with E-state index in [9.17, 15) is 18.0 Å². The van der Waals surface area contributed by atoms with Crippen LogP contribution in [0.4, 0.5) is 0 Å². The van der Waals surface area contributed by atoms with E-state index < -0.39 is 27.7 Å². The Kier molecular flexibility index (Phi) is 6.06. The molecule has 0 amide bonds. The van der Waals surface area contributed by atoms with Gasteiger partial charge in [0.05, 0.1) is 7.11 Å². The number of hydrogen-bond acceptors (Lipinski definition) is 6. The van der Waals surface area contributed by atoms with Crippen molar-refractivity contribution in [2.75, 3.05) is 19.9 Å². The van der Waals surface area contributed by atoms with Crippen LogP contribution in [0.15, 0.2) is 17.5 Å². The molecule has 0 fully saturated rings. The van der Waals surface area contributed by atoms with Gasteiger partial charge in [-0.25, -0.2) is 17.5 Å². The van der Waals surface area contributed by atoms with E-state index in [1.165, 1.54) is 24.5 Å². The molecule has 7 nitrogen and oxygen atoms in total. The van der Waals surface area contributed by atoms with Crippen molar-refractivity contribution < 1.29 is 27.9 Å². The molecule has 1 aromatic heterocycles. The smallest absolute Gasteiger partial charge is 0.328 e. The first-order chi connectivity index (χ1) is 9.74. The van der Waals surface area contributed by atoms with Crippen molar-refractivity contribution in [3.8, 4) is 0 Å². The first-order valence-corrected chi connectivity index (χ1v) is 8.22. The number of rotatable bonds is 7. The normalized spacial score (nSPS) is 12.0. The predicted molar refractivity (Wildman–Crippen MR) is 78.3 cm³/mol. The predicted octanol–water partition coefficient (Wildman–Crippen LogP) is 0.781. The van der Waals surface area contributed by atoms with Gasteiger partial charge in [-0.15, -0.1) is 11.3 Å². The van der Waals surface area contributed by atoms with Crippen LogP contribution in [0.2, 0.25) is 0 Å². The van der Waals surface area contributed by atoms with Gasteiger partial charge in [0.1, 0.15) is 0 Å². The third kappa shape index (κ3) is 5.66. The van der Waals surface area contributed by atoms with Gasteiger partial charge in [-0.05, 0) is 23.1 Å². The molecule has 0 saturated carbocycles. The number of carboxylic acids is 1. The second-order valence-electron chi connectivity index (χ2n) is 4.12. The summed E-state index contributed by atoms with van der Waals surface area (Å²) < 4.78 is 29.1. The van der Waals surface area contributed by atoms with Gasteiger partial charge in [0.2, 0.25) is 10.0 Å². The highest BCUT2D eigenvalue weighted by Crippen LogP contribution is 2.18. The maximum Gasteiger partial charge on any atom is 0.328 e. The van der Waals surface area contributed by atoms with Gasteiger partial charge in [0, 0.05) is 24.5 Å². The molecule has 0 spiro atoms. The molecule has 0 saturated heterocycles.